The molecule has 0 spiro atoms. The first-order chi connectivity index (χ1) is 9.28. The molecule has 1 unspecified atom stereocenters. The molecule has 106 valence electrons. The highest BCUT2D eigenvalue weighted by atomic mass is 16.5. The molecule has 19 heavy (non-hydrogen) atoms. The van der Waals surface area contributed by atoms with Gasteiger partial charge in [0, 0.05) is 38.4 Å². The maximum atomic E-state index is 11.8. The zero-order valence-corrected chi connectivity index (χ0v) is 11.1. The molecular weight excluding hydrogens is 248 g/mol. The molecule has 7 nitrogen and oxygen atoms in total. The van der Waals surface area contributed by atoms with Gasteiger partial charge in [0.2, 0.25) is 5.91 Å². The molecule has 1 fully saturated rings. The number of rotatable bonds is 6. The zero-order chi connectivity index (χ0) is 13.5. The van der Waals surface area contributed by atoms with Crippen molar-refractivity contribution in [3.63, 3.8) is 0 Å². The molecular formula is C12H20N4O3. The lowest BCUT2D eigenvalue weighted by Crippen LogP contribution is -2.43. The van der Waals surface area contributed by atoms with E-state index in [1.807, 2.05) is 6.20 Å². The Morgan fingerprint density at radius 2 is 2.63 bits per heavy atom. The van der Waals surface area contributed by atoms with Crippen LogP contribution in [0, 0.1) is 0 Å². The maximum absolute atomic E-state index is 11.8. The summed E-state index contributed by atoms with van der Waals surface area (Å²) in [6, 6.07) is 1.86. The Bertz CT molecular complexity index is 401. The third kappa shape index (κ3) is 4.62. The summed E-state index contributed by atoms with van der Waals surface area (Å²) in [5, 5.41) is 10.3. The number of carbonyl (C=O) groups excluding carboxylic acids is 1. The Labute approximate surface area is 112 Å². The summed E-state index contributed by atoms with van der Waals surface area (Å²) < 4.78 is 12.0. The van der Waals surface area contributed by atoms with Gasteiger partial charge in [0.1, 0.15) is 0 Å². The highest BCUT2D eigenvalue weighted by Gasteiger charge is 2.17. The Hall–Kier alpha value is -1.44. The van der Waals surface area contributed by atoms with Gasteiger partial charge in [-0.2, -0.15) is 5.10 Å². The van der Waals surface area contributed by atoms with Gasteiger partial charge >= 0.3 is 0 Å². The fourth-order valence-electron chi connectivity index (χ4n) is 1.91. The number of nitrogens with one attached hydrogen (secondary N) is 2. The van der Waals surface area contributed by atoms with Crippen LogP contribution >= 0.6 is 0 Å². The molecule has 1 atom stereocenters. The average molecular weight is 268 g/mol. The van der Waals surface area contributed by atoms with Gasteiger partial charge in [0.25, 0.3) is 0 Å². The number of carbonyl (C=O) groups is 1. The van der Waals surface area contributed by atoms with E-state index in [1.54, 1.807) is 17.9 Å². The fourth-order valence-corrected chi connectivity index (χ4v) is 1.91. The van der Waals surface area contributed by atoms with E-state index >= 15 is 0 Å². The van der Waals surface area contributed by atoms with Crippen LogP contribution in [0.3, 0.4) is 0 Å². The van der Waals surface area contributed by atoms with Crippen molar-refractivity contribution in [3.8, 4) is 0 Å². The van der Waals surface area contributed by atoms with E-state index in [0.717, 1.165) is 6.54 Å². The van der Waals surface area contributed by atoms with Crippen LogP contribution in [0.25, 0.3) is 0 Å². The quantitative estimate of drug-likeness (QED) is 0.750. The van der Waals surface area contributed by atoms with Crippen LogP contribution in [-0.4, -0.2) is 55.2 Å². The maximum Gasteiger partial charge on any atom is 0.227 e. The minimum atomic E-state index is -0.0556. The SMILES string of the molecule is COCCn1ccc(NC(=O)CC2COCCN2)n1. The van der Waals surface area contributed by atoms with Crippen LogP contribution in [0.5, 0.6) is 0 Å². The Balaban J connectivity index is 1.76. The van der Waals surface area contributed by atoms with Gasteiger partial charge in [0.05, 0.1) is 26.4 Å². The summed E-state index contributed by atoms with van der Waals surface area (Å²) in [6.45, 7) is 3.35. The van der Waals surface area contributed by atoms with Gasteiger partial charge in [-0.1, -0.05) is 0 Å². The topological polar surface area (TPSA) is 77.4 Å². The van der Waals surface area contributed by atoms with E-state index in [0.29, 0.717) is 38.6 Å². The molecule has 2 N–H and O–H groups in total. The van der Waals surface area contributed by atoms with Gasteiger partial charge in [-0.3, -0.25) is 9.48 Å². The second kappa shape index (κ2) is 7.22. The van der Waals surface area contributed by atoms with Crippen molar-refractivity contribution < 1.29 is 14.3 Å². The number of aromatic nitrogens is 2. The molecule has 0 aromatic carbocycles. The lowest BCUT2D eigenvalue weighted by molar-refractivity contribution is -0.117. The van der Waals surface area contributed by atoms with Crippen LogP contribution in [0.15, 0.2) is 12.3 Å². The molecule has 2 heterocycles. The van der Waals surface area contributed by atoms with Crippen molar-refractivity contribution >= 4 is 11.7 Å². The molecule has 1 amide bonds. The first kappa shape index (κ1) is 14.0. The molecule has 1 aromatic heterocycles. The zero-order valence-electron chi connectivity index (χ0n) is 11.1. The highest BCUT2D eigenvalue weighted by molar-refractivity contribution is 5.90. The van der Waals surface area contributed by atoms with Crippen LogP contribution < -0.4 is 10.6 Å². The summed E-state index contributed by atoms with van der Waals surface area (Å²) in [5.74, 6) is 0.512. The number of hydrogen-bond donors (Lipinski definition) is 2. The van der Waals surface area contributed by atoms with Gasteiger partial charge < -0.3 is 20.1 Å². The minimum Gasteiger partial charge on any atom is -0.383 e. The largest absolute Gasteiger partial charge is 0.383 e. The molecule has 1 saturated heterocycles. The van der Waals surface area contributed by atoms with Crippen molar-refractivity contribution in [1.82, 2.24) is 15.1 Å². The summed E-state index contributed by atoms with van der Waals surface area (Å²) in [7, 11) is 1.64. The van der Waals surface area contributed by atoms with E-state index in [-0.39, 0.29) is 11.9 Å². The lowest BCUT2D eigenvalue weighted by Gasteiger charge is -2.22. The molecule has 1 aromatic rings. The Morgan fingerprint density at radius 3 is 3.37 bits per heavy atom. The minimum absolute atomic E-state index is 0.0556. The fraction of sp³-hybridized carbons (Fsp3) is 0.667. The first-order valence-electron chi connectivity index (χ1n) is 6.41. The Morgan fingerprint density at radius 1 is 1.74 bits per heavy atom. The number of hydrogen-bond acceptors (Lipinski definition) is 5. The number of anilines is 1. The molecule has 0 bridgehead atoms. The van der Waals surface area contributed by atoms with Crippen LogP contribution in [0.1, 0.15) is 6.42 Å². The van der Waals surface area contributed by atoms with Crippen LogP contribution in [0.4, 0.5) is 5.82 Å². The van der Waals surface area contributed by atoms with Gasteiger partial charge in [-0.15, -0.1) is 0 Å². The molecule has 0 saturated carbocycles. The van der Waals surface area contributed by atoms with Crippen molar-refractivity contribution in [2.45, 2.75) is 19.0 Å². The molecule has 1 aliphatic heterocycles. The van der Waals surface area contributed by atoms with E-state index in [4.69, 9.17) is 9.47 Å². The average Bonchev–Trinajstić information content (AvgIpc) is 2.85. The van der Waals surface area contributed by atoms with Crippen molar-refractivity contribution in [2.24, 2.45) is 0 Å². The van der Waals surface area contributed by atoms with E-state index in [9.17, 15) is 4.79 Å². The van der Waals surface area contributed by atoms with Gasteiger partial charge in [0.15, 0.2) is 5.82 Å². The summed E-state index contributed by atoms with van der Waals surface area (Å²) in [4.78, 5) is 11.8. The van der Waals surface area contributed by atoms with Gasteiger partial charge in [-0.05, 0) is 0 Å². The summed E-state index contributed by atoms with van der Waals surface area (Å²) in [6.07, 6.45) is 2.21. The van der Waals surface area contributed by atoms with Crippen molar-refractivity contribution in [3.05, 3.63) is 12.3 Å². The molecule has 2 rings (SSSR count). The van der Waals surface area contributed by atoms with Gasteiger partial charge in [-0.25, -0.2) is 0 Å². The smallest absolute Gasteiger partial charge is 0.227 e. The van der Waals surface area contributed by atoms with Crippen LogP contribution in [0.2, 0.25) is 0 Å². The standard InChI is InChI=1S/C12H20N4O3/c1-18-7-5-16-4-2-11(15-16)14-12(17)8-10-9-19-6-3-13-10/h2,4,10,13H,3,5-9H2,1H3,(H,14,15,17). The third-order valence-corrected chi connectivity index (χ3v) is 2.86. The number of ether oxygens (including phenoxy) is 2. The summed E-state index contributed by atoms with van der Waals surface area (Å²) in [5.41, 5.74) is 0. The monoisotopic (exact) mass is 268 g/mol. The van der Waals surface area contributed by atoms with Crippen molar-refractivity contribution in [1.29, 1.82) is 0 Å². The lowest BCUT2D eigenvalue weighted by atomic mass is 10.2. The van der Waals surface area contributed by atoms with Crippen LogP contribution in [-0.2, 0) is 20.8 Å². The van der Waals surface area contributed by atoms with E-state index in [1.165, 1.54) is 0 Å². The number of methoxy groups -OCH3 is 1. The first-order valence-corrected chi connectivity index (χ1v) is 6.41. The highest BCUT2D eigenvalue weighted by Crippen LogP contribution is 2.05. The Kier molecular flexibility index (Phi) is 5.31. The summed E-state index contributed by atoms with van der Waals surface area (Å²) >= 11 is 0. The third-order valence-electron chi connectivity index (χ3n) is 2.86. The normalized spacial score (nSPS) is 19.3. The molecule has 0 radical (unpaired) electrons. The molecule has 0 aliphatic carbocycles. The van der Waals surface area contributed by atoms with E-state index in [2.05, 4.69) is 15.7 Å². The number of amides is 1. The number of morpholine rings is 1. The van der Waals surface area contributed by atoms with E-state index < -0.39 is 0 Å². The second-order valence-electron chi connectivity index (χ2n) is 4.44. The van der Waals surface area contributed by atoms with Crippen molar-refractivity contribution in [2.75, 3.05) is 38.8 Å². The predicted molar refractivity (Wildman–Crippen MR) is 70.0 cm³/mol. The predicted octanol–water partition coefficient (Wildman–Crippen LogP) is -0.153. The molecule has 7 heteroatoms. The second-order valence-corrected chi connectivity index (χ2v) is 4.44. The number of nitrogens with zero attached hydrogens (tertiary/aromatic N) is 2. The molecule has 1 aliphatic rings.